The van der Waals surface area contributed by atoms with Gasteiger partial charge in [-0.3, -0.25) is 15.1 Å². The fourth-order valence-corrected chi connectivity index (χ4v) is 4.84. The molecule has 5 heterocycles. The SMILES string of the molecule is COc1cnc(Cl)cc1-c1cc(C)ncc1C(=O)Nc1nc2ncc(N3CCO[C@H](C(F)(F)F)C3)nc2s1. The molecule has 0 spiro atoms. The second-order valence-corrected chi connectivity index (χ2v) is 9.62. The van der Waals surface area contributed by atoms with Crippen molar-refractivity contribution in [2.75, 3.05) is 37.0 Å². The molecule has 198 valence electrons. The summed E-state index contributed by atoms with van der Waals surface area (Å²) in [5, 5.41) is 3.17. The fourth-order valence-electron chi connectivity index (χ4n) is 3.89. The van der Waals surface area contributed by atoms with Gasteiger partial charge in [0.2, 0.25) is 0 Å². The van der Waals surface area contributed by atoms with E-state index in [2.05, 4.69) is 30.2 Å². The molecule has 0 saturated carbocycles. The number of fused-ring (bicyclic) bond motifs is 1. The summed E-state index contributed by atoms with van der Waals surface area (Å²) in [6.45, 7) is 1.54. The molecule has 1 saturated heterocycles. The zero-order valence-corrected chi connectivity index (χ0v) is 21.5. The number of thiazole rings is 1. The smallest absolute Gasteiger partial charge is 0.416 e. The van der Waals surface area contributed by atoms with E-state index in [1.165, 1.54) is 30.6 Å². The highest BCUT2D eigenvalue weighted by molar-refractivity contribution is 7.21. The number of nitrogens with one attached hydrogen (secondary N) is 1. The Hall–Kier alpha value is -3.62. The van der Waals surface area contributed by atoms with Gasteiger partial charge in [0.15, 0.2) is 21.7 Å². The number of anilines is 2. The van der Waals surface area contributed by atoms with Crippen LogP contribution >= 0.6 is 22.9 Å². The van der Waals surface area contributed by atoms with E-state index in [0.29, 0.717) is 27.4 Å². The van der Waals surface area contributed by atoms with Crippen LogP contribution in [0.5, 0.6) is 5.75 Å². The summed E-state index contributed by atoms with van der Waals surface area (Å²) in [7, 11) is 1.48. The van der Waals surface area contributed by atoms with Crippen LogP contribution in [0, 0.1) is 6.92 Å². The predicted molar refractivity (Wildman–Crippen MR) is 135 cm³/mol. The summed E-state index contributed by atoms with van der Waals surface area (Å²) >= 11 is 7.14. The van der Waals surface area contributed by atoms with Gasteiger partial charge in [0.05, 0.1) is 38.2 Å². The first-order chi connectivity index (χ1) is 18.1. The molecular formula is C23H19ClF3N7O3S. The third kappa shape index (κ3) is 5.33. The number of ether oxygens (including phenoxy) is 2. The lowest BCUT2D eigenvalue weighted by atomic mass is 10.0. The Morgan fingerprint density at radius 3 is 2.76 bits per heavy atom. The van der Waals surface area contributed by atoms with Gasteiger partial charge in [0.1, 0.15) is 16.7 Å². The number of amides is 1. The number of morpholine rings is 1. The van der Waals surface area contributed by atoms with E-state index in [9.17, 15) is 18.0 Å². The standard InChI is InChI=1S/C23H19ClF3N7O3S/c1-11-5-12(13-6-17(24)29-8-15(13)36-2)14(7-28-11)20(35)33-22-32-19-21(38-22)31-18(9-30-19)34-3-4-37-16(10-34)23(25,26)27/h5-9,16H,3-4,10H2,1-2H3,(H,30,32,33,35)/t16-/m0/s1. The van der Waals surface area contributed by atoms with Gasteiger partial charge in [0, 0.05) is 29.6 Å². The highest BCUT2D eigenvalue weighted by Crippen LogP contribution is 2.35. The molecular weight excluding hydrogens is 547 g/mol. The molecule has 0 bridgehead atoms. The van der Waals surface area contributed by atoms with Crippen LogP contribution in [0.4, 0.5) is 24.1 Å². The number of halogens is 4. The largest absolute Gasteiger partial charge is 0.494 e. The summed E-state index contributed by atoms with van der Waals surface area (Å²) in [4.78, 5) is 36.3. The van der Waals surface area contributed by atoms with Crippen LogP contribution in [-0.4, -0.2) is 69.9 Å². The molecule has 0 aliphatic carbocycles. The molecule has 1 fully saturated rings. The summed E-state index contributed by atoms with van der Waals surface area (Å²) < 4.78 is 49.6. The summed E-state index contributed by atoms with van der Waals surface area (Å²) in [5.74, 6) is 0.192. The number of hydrogen-bond donors (Lipinski definition) is 1. The molecule has 5 rings (SSSR count). The number of aryl methyl sites for hydroxylation is 1. The van der Waals surface area contributed by atoms with Crippen LogP contribution in [0.25, 0.3) is 21.6 Å². The number of carbonyl (C=O) groups is 1. The number of pyridine rings is 2. The van der Waals surface area contributed by atoms with E-state index in [4.69, 9.17) is 21.1 Å². The molecule has 15 heteroatoms. The number of rotatable bonds is 5. The molecule has 38 heavy (non-hydrogen) atoms. The van der Waals surface area contributed by atoms with Crippen molar-refractivity contribution in [3.05, 3.63) is 47.1 Å². The second-order valence-electron chi connectivity index (χ2n) is 8.26. The lowest BCUT2D eigenvalue weighted by Gasteiger charge is -2.34. The topological polar surface area (TPSA) is 115 Å². The van der Waals surface area contributed by atoms with Gasteiger partial charge in [-0.15, -0.1) is 0 Å². The van der Waals surface area contributed by atoms with Gasteiger partial charge < -0.3 is 14.4 Å². The maximum Gasteiger partial charge on any atom is 0.416 e. The third-order valence-corrected chi connectivity index (χ3v) is 6.78. The van der Waals surface area contributed by atoms with E-state index in [0.717, 1.165) is 11.3 Å². The molecule has 10 nitrogen and oxygen atoms in total. The zero-order chi connectivity index (χ0) is 27.0. The number of alkyl halides is 3. The van der Waals surface area contributed by atoms with E-state index >= 15 is 0 Å². The number of hydrogen-bond acceptors (Lipinski definition) is 10. The average Bonchev–Trinajstić information content (AvgIpc) is 3.29. The normalized spacial score (nSPS) is 16.1. The van der Waals surface area contributed by atoms with Crippen LogP contribution in [0.3, 0.4) is 0 Å². The molecule has 0 radical (unpaired) electrons. The summed E-state index contributed by atoms with van der Waals surface area (Å²) in [6.07, 6.45) is -2.13. The Kier molecular flexibility index (Phi) is 7.03. The Balaban J connectivity index is 1.41. The second kappa shape index (κ2) is 10.3. The average molecular weight is 566 g/mol. The fraction of sp³-hybridized carbons (Fsp3) is 0.304. The van der Waals surface area contributed by atoms with E-state index in [1.54, 1.807) is 19.1 Å². The Bertz CT molecular complexity index is 1520. The Labute approximate surface area is 222 Å². The minimum Gasteiger partial charge on any atom is -0.494 e. The van der Waals surface area contributed by atoms with Crippen molar-refractivity contribution in [1.82, 2.24) is 24.9 Å². The summed E-state index contributed by atoms with van der Waals surface area (Å²) in [5.41, 5.74) is 2.25. The molecule has 1 aliphatic heterocycles. The molecule has 1 N–H and O–H groups in total. The van der Waals surface area contributed by atoms with Crippen molar-refractivity contribution >= 4 is 50.3 Å². The Morgan fingerprint density at radius 2 is 2.00 bits per heavy atom. The lowest BCUT2D eigenvalue weighted by Crippen LogP contribution is -2.49. The molecule has 1 aliphatic rings. The minimum absolute atomic E-state index is 0.0890. The number of aromatic nitrogens is 5. The monoisotopic (exact) mass is 565 g/mol. The number of methoxy groups -OCH3 is 1. The van der Waals surface area contributed by atoms with Gasteiger partial charge in [-0.2, -0.15) is 18.2 Å². The maximum absolute atomic E-state index is 13.3. The number of carbonyl (C=O) groups excluding carboxylic acids is 1. The molecule has 0 aromatic carbocycles. The molecule has 4 aromatic heterocycles. The van der Waals surface area contributed by atoms with Crippen molar-refractivity contribution in [3.8, 4) is 16.9 Å². The van der Waals surface area contributed by atoms with Gasteiger partial charge in [-0.25, -0.2) is 15.0 Å². The first-order valence-corrected chi connectivity index (χ1v) is 12.4. The van der Waals surface area contributed by atoms with Crippen molar-refractivity contribution in [2.45, 2.75) is 19.2 Å². The van der Waals surface area contributed by atoms with Crippen molar-refractivity contribution in [1.29, 1.82) is 0 Å². The van der Waals surface area contributed by atoms with E-state index in [1.807, 2.05) is 0 Å². The minimum atomic E-state index is -4.48. The highest BCUT2D eigenvalue weighted by atomic mass is 35.5. The van der Waals surface area contributed by atoms with E-state index in [-0.39, 0.29) is 40.5 Å². The van der Waals surface area contributed by atoms with Crippen molar-refractivity contribution in [3.63, 3.8) is 0 Å². The van der Waals surface area contributed by atoms with Crippen molar-refractivity contribution in [2.24, 2.45) is 0 Å². The van der Waals surface area contributed by atoms with Gasteiger partial charge in [0.25, 0.3) is 5.91 Å². The zero-order valence-electron chi connectivity index (χ0n) is 19.9. The first kappa shape index (κ1) is 26.0. The lowest BCUT2D eigenvalue weighted by molar-refractivity contribution is -0.221. The highest BCUT2D eigenvalue weighted by Gasteiger charge is 2.43. The quantitative estimate of drug-likeness (QED) is 0.348. The Morgan fingerprint density at radius 1 is 1.18 bits per heavy atom. The maximum atomic E-state index is 13.3. The van der Waals surface area contributed by atoms with Crippen LogP contribution in [0.2, 0.25) is 5.15 Å². The van der Waals surface area contributed by atoms with Gasteiger partial charge in [-0.1, -0.05) is 22.9 Å². The third-order valence-electron chi connectivity index (χ3n) is 5.72. The molecule has 1 amide bonds. The predicted octanol–water partition coefficient (Wildman–Crippen LogP) is 4.53. The van der Waals surface area contributed by atoms with Crippen LogP contribution < -0.4 is 15.0 Å². The number of nitrogens with zero attached hydrogens (tertiary/aromatic N) is 6. The van der Waals surface area contributed by atoms with Crippen LogP contribution in [0.15, 0.2) is 30.7 Å². The molecule has 4 aromatic rings. The van der Waals surface area contributed by atoms with E-state index < -0.39 is 24.7 Å². The van der Waals surface area contributed by atoms with Gasteiger partial charge in [-0.05, 0) is 19.1 Å². The summed E-state index contributed by atoms with van der Waals surface area (Å²) in [6, 6.07) is 3.32. The van der Waals surface area contributed by atoms with Crippen molar-refractivity contribution < 1.29 is 27.4 Å². The van der Waals surface area contributed by atoms with Crippen LogP contribution in [-0.2, 0) is 4.74 Å². The molecule has 1 atom stereocenters. The molecule has 0 unspecified atom stereocenters. The first-order valence-electron chi connectivity index (χ1n) is 11.2. The van der Waals surface area contributed by atoms with Gasteiger partial charge >= 0.3 is 6.18 Å². The van der Waals surface area contributed by atoms with Crippen LogP contribution in [0.1, 0.15) is 16.1 Å².